The van der Waals surface area contributed by atoms with Gasteiger partial charge in [-0.25, -0.2) is 0 Å². The Hall–Kier alpha value is -1.88. The van der Waals surface area contributed by atoms with Crippen molar-refractivity contribution >= 4 is 17.5 Å². The molecule has 1 aromatic carbocycles. The lowest BCUT2D eigenvalue weighted by molar-refractivity contribution is -0.133. The highest BCUT2D eigenvalue weighted by atomic mass is 16.2. The summed E-state index contributed by atoms with van der Waals surface area (Å²) in [6.07, 6.45) is 0. The second-order valence-electron chi connectivity index (χ2n) is 8.05. The Morgan fingerprint density at radius 1 is 1.00 bits per heavy atom. The molecule has 1 aromatic rings. The predicted molar refractivity (Wildman–Crippen MR) is 108 cm³/mol. The van der Waals surface area contributed by atoms with E-state index < -0.39 is 0 Å². The number of likely N-dealkylation sites (N-methyl/N-ethyl adjacent to an activating group) is 1. The van der Waals surface area contributed by atoms with Crippen LogP contribution in [-0.4, -0.2) is 54.8 Å². The van der Waals surface area contributed by atoms with Gasteiger partial charge in [0.1, 0.15) is 0 Å². The number of carbonyl (C=O) groups is 2. The van der Waals surface area contributed by atoms with Crippen molar-refractivity contribution in [3.63, 3.8) is 0 Å². The molecule has 0 radical (unpaired) electrons. The fraction of sp³-hybridized carbons (Fsp3) is 0.619. The highest BCUT2D eigenvalue weighted by Crippen LogP contribution is 2.17. The van der Waals surface area contributed by atoms with Crippen molar-refractivity contribution in [1.29, 1.82) is 0 Å². The summed E-state index contributed by atoms with van der Waals surface area (Å²) in [6.45, 7) is 14.4. The largest absolute Gasteiger partial charge is 0.341 e. The zero-order valence-electron chi connectivity index (χ0n) is 17.4. The number of rotatable bonds is 9. The Balaban J connectivity index is 2.60. The first-order valence-electron chi connectivity index (χ1n) is 9.42. The minimum absolute atomic E-state index is 0.0782. The Morgan fingerprint density at radius 2 is 1.58 bits per heavy atom. The molecular weight excluding hydrogens is 326 g/mol. The van der Waals surface area contributed by atoms with Gasteiger partial charge in [-0.2, -0.15) is 0 Å². The maximum absolute atomic E-state index is 12.6. The van der Waals surface area contributed by atoms with Crippen LogP contribution in [0.3, 0.4) is 0 Å². The Labute approximate surface area is 158 Å². The summed E-state index contributed by atoms with van der Waals surface area (Å²) in [6, 6.07) is 5.85. The lowest BCUT2D eigenvalue weighted by atomic mass is 10.1. The lowest BCUT2D eigenvalue weighted by Crippen LogP contribution is -2.44. The van der Waals surface area contributed by atoms with E-state index >= 15 is 0 Å². The van der Waals surface area contributed by atoms with Crippen LogP contribution in [0, 0.1) is 25.7 Å². The van der Waals surface area contributed by atoms with Gasteiger partial charge >= 0.3 is 0 Å². The van der Waals surface area contributed by atoms with E-state index in [1.807, 2.05) is 44.0 Å². The third kappa shape index (κ3) is 7.56. The molecule has 2 amide bonds. The first-order valence-corrected chi connectivity index (χ1v) is 9.42. The molecular formula is C21H35N3O2. The minimum atomic E-state index is -0.103. The number of hydrogen-bond donors (Lipinski definition) is 1. The van der Waals surface area contributed by atoms with Crippen LogP contribution in [0.1, 0.15) is 38.8 Å². The van der Waals surface area contributed by atoms with Crippen molar-refractivity contribution < 1.29 is 9.59 Å². The van der Waals surface area contributed by atoms with Crippen molar-refractivity contribution in [2.45, 2.75) is 41.5 Å². The summed E-state index contributed by atoms with van der Waals surface area (Å²) in [7, 11) is 1.81. The van der Waals surface area contributed by atoms with E-state index in [1.54, 1.807) is 4.90 Å². The zero-order chi connectivity index (χ0) is 19.9. The number of nitrogens with zero attached hydrogens (tertiary/aromatic N) is 2. The summed E-state index contributed by atoms with van der Waals surface area (Å²) in [5.74, 6) is 0.828. The molecule has 0 heterocycles. The third-order valence-electron chi connectivity index (χ3n) is 4.22. The van der Waals surface area contributed by atoms with Gasteiger partial charge in [0.05, 0.1) is 13.1 Å². The number of benzene rings is 1. The molecule has 0 atom stereocenters. The Kier molecular flexibility index (Phi) is 8.79. The van der Waals surface area contributed by atoms with Crippen LogP contribution in [0.25, 0.3) is 0 Å². The average molecular weight is 362 g/mol. The molecule has 0 fully saturated rings. The van der Waals surface area contributed by atoms with Gasteiger partial charge in [-0.15, -0.1) is 0 Å². The van der Waals surface area contributed by atoms with E-state index in [4.69, 9.17) is 0 Å². The molecule has 0 saturated heterocycles. The van der Waals surface area contributed by atoms with E-state index in [1.165, 1.54) is 0 Å². The third-order valence-corrected chi connectivity index (χ3v) is 4.22. The summed E-state index contributed by atoms with van der Waals surface area (Å²) in [5.41, 5.74) is 3.04. The van der Waals surface area contributed by atoms with Gasteiger partial charge in [0.2, 0.25) is 11.8 Å². The molecule has 0 spiro atoms. The molecule has 0 bridgehead atoms. The van der Waals surface area contributed by atoms with E-state index in [0.717, 1.165) is 29.9 Å². The molecule has 0 unspecified atom stereocenters. The quantitative estimate of drug-likeness (QED) is 0.734. The second-order valence-corrected chi connectivity index (χ2v) is 8.05. The first-order chi connectivity index (χ1) is 12.1. The highest BCUT2D eigenvalue weighted by molar-refractivity contribution is 5.93. The molecule has 1 rings (SSSR count). The predicted octanol–water partition coefficient (Wildman–Crippen LogP) is 3.31. The Bertz CT molecular complexity index is 601. The fourth-order valence-electron chi connectivity index (χ4n) is 2.87. The normalized spacial score (nSPS) is 11.3. The van der Waals surface area contributed by atoms with Gasteiger partial charge < -0.3 is 10.2 Å². The SMILES string of the molecule is Cc1cccc(NC(=O)CN(C)CC(=O)N(CC(C)C)CC(C)C)c1C. The van der Waals surface area contributed by atoms with Crippen molar-refractivity contribution in [2.24, 2.45) is 11.8 Å². The molecule has 0 aliphatic heterocycles. The van der Waals surface area contributed by atoms with Gasteiger partial charge in [0.15, 0.2) is 0 Å². The number of amides is 2. The molecule has 0 aliphatic rings. The van der Waals surface area contributed by atoms with E-state index in [0.29, 0.717) is 11.8 Å². The monoisotopic (exact) mass is 361 g/mol. The van der Waals surface area contributed by atoms with Crippen LogP contribution in [0.15, 0.2) is 18.2 Å². The van der Waals surface area contributed by atoms with Gasteiger partial charge in [0, 0.05) is 18.8 Å². The average Bonchev–Trinajstić information content (AvgIpc) is 2.50. The lowest BCUT2D eigenvalue weighted by Gasteiger charge is -2.28. The van der Waals surface area contributed by atoms with Crippen LogP contribution in [0.2, 0.25) is 0 Å². The maximum atomic E-state index is 12.6. The van der Waals surface area contributed by atoms with Crippen LogP contribution in [0.5, 0.6) is 0 Å². The number of aryl methyl sites for hydroxylation is 1. The molecule has 0 aliphatic carbocycles. The van der Waals surface area contributed by atoms with Gasteiger partial charge in [-0.1, -0.05) is 39.8 Å². The number of nitrogens with one attached hydrogen (secondary N) is 1. The van der Waals surface area contributed by atoms with Crippen molar-refractivity contribution in [3.8, 4) is 0 Å². The van der Waals surface area contributed by atoms with E-state index in [9.17, 15) is 9.59 Å². The standard InChI is InChI=1S/C21H35N3O2/c1-15(2)11-24(12-16(3)4)21(26)14-23(7)13-20(25)22-19-10-8-9-17(5)18(19)6/h8-10,15-16H,11-14H2,1-7H3,(H,22,25). The Morgan fingerprint density at radius 3 is 2.12 bits per heavy atom. The maximum Gasteiger partial charge on any atom is 0.238 e. The van der Waals surface area contributed by atoms with Gasteiger partial charge in [-0.3, -0.25) is 14.5 Å². The van der Waals surface area contributed by atoms with E-state index in [2.05, 4.69) is 33.0 Å². The van der Waals surface area contributed by atoms with Crippen LogP contribution < -0.4 is 5.32 Å². The number of hydrogen-bond acceptors (Lipinski definition) is 3. The summed E-state index contributed by atoms with van der Waals surface area (Å²) < 4.78 is 0. The fourth-order valence-corrected chi connectivity index (χ4v) is 2.87. The zero-order valence-corrected chi connectivity index (χ0v) is 17.4. The first kappa shape index (κ1) is 22.2. The number of carbonyl (C=O) groups excluding carboxylic acids is 2. The van der Waals surface area contributed by atoms with Crippen LogP contribution in [0.4, 0.5) is 5.69 Å². The van der Waals surface area contributed by atoms with Gasteiger partial charge in [0.25, 0.3) is 0 Å². The summed E-state index contributed by atoms with van der Waals surface area (Å²) in [5, 5.41) is 2.94. The molecule has 5 heteroatoms. The molecule has 1 N–H and O–H groups in total. The van der Waals surface area contributed by atoms with Crippen molar-refractivity contribution in [3.05, 3.63) is 29.3 Å². The van der Waals surface area contributed by atoms with Crippen LogP contribution >= 0.6 is 0 Å². The molecule has 0 saturated carbocycles. The molecule has 5 nitrogen and oxygen atoms in total. The summed E-state index contributed by atoms with van der Waals surface area (Å²) in [4.78, 5) is 28.6. The smallest absolute Gasteiger partial charge is 0.238 e. The molecule has 146 valence electrons. The van der Waals surface area contributed by atoms with Gasteiger partial charge in [-0.05, 0) is 49.9 Å². The van der Waals surface area contributed by atoms with Crippen LogP contribution in [-0.2, 0) is 9.59 Å². The van der Waals surface area contributed by atoms with Crippen molar-refractivity contribution in [2.75, 3.05) is 38.5 Å². The highest BCUT2D eigenvalue weighted by Gasteiger charge is 2.19. The van der Waals surface area contributed by atoms with E-state index in [-0.39, 0.29) is 24.9 Å². The molecule has 26 heavy (non-hydrogen) atoms. The number of anilines is 1. The topological polar surface area (TPSA) is 52.7 Å². The summed E-state index contributed by atoms with van der Waals surface area (Å²) >= 11 is 0. The van der Waals surface area contributed by atoms with Crippen molar-refractivity contribution in [1.82, 2.24) is 9.80 Å². The molecule has 0 aromatic heterocycles. The minimum Gasteiger partial charge on any atom is -0.341 e. The second kappa shape index (κ2) is 10.3.